The molecule has 9 heteroatoms. The molecule has 0 spiro atoms. The van der Waals surface area contributed by atoms with Crippen LogP contribution in [0, 0.1) is 0 Å². The molecule has 0 aromatic carbocycles. The number of ether oxygens (including phenoxy) is 2. The van der Waals surface area contributed by atoms with E-state index in [0.29, 0.717) is 27.5 Å². The quantitative estimate of drug-likeness (QED) is 0.326. The number of hydrogen-bond acceptors (Lipinski definition) is 7. The summed E-state index contributed by atoms with van der Waals surface area (Å²) in [4.78, 5) is 33.7. The molecule has 20 heavy (non-hydrogen) atoms. The molecule has 1 aromatic rings. The van der Waals surface area contributed by atoms with E-state index in [1.807, 2.05) is 0 Å². The summed E-state index contributed by atoms with van der Waals surface area (Å²) in [6.07, 6.45) is 0.699. The van der Waals surface area contributed by atoms with Crippen molar-refractivity contribution in [1.82, 2.24) is 0 Å². The number of carbonyl (C=O) groups is 2. The fourth-order valence-corrected chi connectivity index (χ4v) is 11.9. The van der Waals surface area contributed by atoms with E-state index in [2.05, 4.69) is 9.47 Å². The van der Waals surface area contributed by atoms with Gasteiger partial charge in [-0.05, 0) is 0 Å². The Labute approximate surface area is 137 Å². The van der Waals surface area contributed by atoms with Crippen LogP contribution in [-0.4, -0.2) is 66.7 Å². The number of thioether (sulfide) groups is 2. The van der Waals surface area contributed by atoms with Crippen LogP contribution in [-0.2, 0) is 19.1 Å². The van der Waals surface area contributed by atoms with Crippen molar-refractivity contribution in [3.8, 4) is 0 Å². The molecule has 0 saturated carbocycles. The first-order valence-electron chi connectivity index (χ1n) is 5.60. The molecule has 0 aliphatic rings. The van der Waals surface area contributed by atoms with Gasteiger partial charge in [0.2, 0.25) is 0 Å². The number of methoxy groups -OCH3 is 2. The first kappa shape index (κ1) is 18.1. The first-order chi connectivity index (χ1) is 9.56. The van der Waals surface area contributed by atoms with Crippen LogP contribution >= 0.6 is 23.5 Å². The average molecular weight is 448 g/mol. The van der Waals surface area contributed by atoms with Gasteiger partial charge in [-0.3, -0.25) is 0 Å². The van der Waals surface area contributed by atoms with Crippen LogP contribution < -0.4 is 3.18 Å². The van der Waals surface area contributed by atoms with Crippen molar-refractivity contribution >= 4 is 64.5 Å². The third-order valence-corrected chi connectivity index (χ3v) is 11.7. The summed E-state index contributed by atoms with van der Waals surface area (Å²) in [6.45, 7) is 0. The monoisotopic (exact) mass is 450 g/mol. The molecule has 0 unspecified atom stereocenters. The molecular formula is C11H14O5S2Se2. The fraction of sp³-hybridized carbons (Fsp3) is 0.545. The Bertz CT molecular complexity index is 469. The molecule has 0 atom stereocenters. The molecule has 0 aliphatic heterocycles. The van der Waals surface area contributed by atoms with E-state index < -0.39 is 0 Å². The molecule has 0 radical (unpaired) electrons. The molecule has 1 rings (SSSR count). The minimum absolute atomic E-state index is 0.117. The van der Waals surface area contributed by atoms with Gasteiger partial charge >= 0.3 is 138 Å². The summed E-state index contributed by atoms with van der Waals surface area (Å²) in [6, 6.07) is 0. The van der Waals surface area contributed by atoms with Gasteiger partial charge in [-0.15, -0.1) is 0 Å². The molecule has 112 valence electrons. The second-order valence-corrected chi connectivity index (χ2v) is 12.2. The predicted molar refractivity (Wildman–Crippen MR) is 81.3 cm³/mol. The Morgan fingerprint density at radius 3 is 1.70 bits per heavy atom. The maximum atomic E-state index is 11.6. The van der Waals surface area contributed by atoms with Gasteiger partial charge in [-0.2, -0.15) is 0 Å². The van der Waals surface area contributed by atoms with E-state index in [0.717, 1.165) is 7.54 Å². The van der Waals surface area contributed by atoms with Gasteiger partial charge in [0, 0.05) is 0 Å². The molecule has 0 N–H and O–H groups in total. The van der Waals surface area contributed by atoms with E-state index in [-0.39, 0.29) is 40.9 Å². The molecule has 0 fully saturated rings. The van der Waals surface area contributed by atoms with Crippen LogP contribution in [0.25, 0.3) is 0 Å². The van der Waals surface area contributed by atoms with Crippen molar-refractivity contribution in [3.05, 3.63) is 7.97 Å². The van der Waals surface area contributed by atoms with Crippen LogP contribution in [0.15, 0.2) is 12.3 Å². The third-order valence-electron chi connectivity index (χ3n) is 2.05. The third kappa shape index (κ3) is 6.70. The van der Waals surface area contributed by atoms with E-state index in [1.54, 1.807) is 23.5 Å². The molecule has 1 heterocycles. The zero-order valence-corrected chi connectivity index (χ0v) is 16.1. The van der Waals surface area contributed by atoms with E-state index in [1.165, 1.54) is 14.2 Å². The molecule has 0 aliphatic carbocycles. The number of hydrogen-bond donors (Lipinski definition) is 0. The average Bonchev–Trinajstić information content (AvgIpc) is 2.78. The Morgan fingerprint density at radius 2 is 1.35 bits per heavy atom. The van der Waals surface area contributed by atoms with Crippen molar-refractivity contribution in [2.45, 2.75) is 20.4 Å². The Balaban J connectivity index is 2.48. The Kier molecular flexibility index (Phi) is 9.00. The van der Waals surface area contributed by atoms with Crippen LogP contribution in [0.4, 0.5) is 0 Å². The Morgan fingerprint density at radius 1 is 0.950 bits per heavy atom. The summed E-state index contributed by atoms with van der Waals surface area (Å²) in [5.74, 6) is 0.795. The summed E-state index contributed by atoms with van der Waals surface area (Å²) in [5, 5.41) is 0. The van der Waals surface area contributed by atoms with Gasteiger partial charge < -0.3 is 0 Å². The zero-order chi connectivity index (χ0) is 15.0. The van der Waals surface area contributed by atoms with Crippen LogP contribution in [0.2, 0.25) is 0 Å². The second-order valence-electron chi connectivity index (χ2n) is 3.38. The van der Waals surface area contributed by atoms with Crippen molar-refractivity contribution in [3.63, 3.8) is 0 Å². The number of rotatable bonds is 8. The molecule has 5 nitrogen and oxygen atoms in total. The topological polar surface area (TPSA) is 69.7 Å². The Hall–Kier alpha value is 0.0890. The van der Waals surface area contributed by atoms with E-state index >= 15 is 0 Å². The van der Waals surface area contributed by atoms with Gasteiger partial charge in [0.05, 0.1) is 0 Å². The second kappa shape index (κ2) is 9.92. The summed E-state index contributed by atoms with van der Waals surface area (Å²) in [5.41, 5.74) is 0. The molecule has 0 saturated heterocycles. The molecule has 0 amide bonds. The molecular weight excluding hydrogens is 434 g/mol. The summed E-state index contributed by atoms with van der Waals surface area (Å²) >= 11 is 2.90. The maximum absolute atomic E-state index is 11.6. The van der Waals surface area contributed by atoms with Gasteiger partial charge in [0.1, 0.15) is 0 Å². The SMILES string of the molecule is COC(=O)CCSc1[se]c(=O)[se]c1SCCC(=O)OC. The van der Waals surface area contributed by atoms with Crippen molar-refractivity contribution in [2.75, 3.05) is 25.7 Å². The molecule has 0 bridgehead atoms. The predicted octanol–water partition coefficient (Wildman–Crippen LogP) is 0.471. The van der Waals surface area contributed by atoms with Gasteiger partial charge in [-0.25, -0.2) is 0 Å². The van der Waals surface area contributed by atoms with Gasteiger partial charge in [-0.1, -0.05) is 0 Å². The van der Waals surface area contributed by atoms with Crippen LogP contribution in [0.1, 0.15) is 12.8 Å². The minimum atomic E-state index is -0.236. The van der Waals surface area contributed by atoms with Crippen molar-refractivity contribution in [1.29, 1.82) is 0 Å². The van der Waals surface area contributed by atoms with Crippen molar-refractivity contribution < 1.29 is 19.1 Å². The number of esters is 2. The van der Waals surface area contributed by atoms with Crippen LogP contribution in [0.3, 0.4) is 0 Å². The summed E-state index contributed by atoms with van der Waals surface area (Å²) < 4.78 is 11.7. The summed E-state index contributed by atoms with van der Waals surface area (Å²) in [7, 11) is 2.74. The van der Waals surface area contributed by atoms with Crippen molar-refractivity contribution in [2.24, 2.45) is 0 Å². The standard InChI is InChI=1S/C11H14O5S2Se2/c1-15-7(12)3-5-17-9-10(20-11(14)19-9)18-6-4-8(13)16-2/h3-6H2,1-2H3. The van der Waals surface area contributed by atoms with Gasteiger partial charge in [0.25, 0.3) is 0 Å². The van der Waals surface area contributed by atoms with Crippen LogP contribution in [0.5, 0.6) is 0 Å². The molecule has 1 aromatic heterocycles. The number of carbonyl (C=O) groups excluding carboxylic acids is 2. The fourth-order valence-electron chi connectivity index (χ4n) is 1.09. The van der Waals surface area contributed by atoms with E-state index in [4.69, 9.17) is 0 Å². The van der Waals surface area contributed by atoms with E-state index in [9.17, 15) is 14.4 Å². The normalized spacial score (nSPS) is 10.3. The van der Waals surface area contributed by atoms with Gasteiger partial charge in [0.15, 0.2) is 0 Å². The zero-order valence-electron chi connectivity index (χ0n) is 11.0. The first-order valence-corrected chi connectivity index (χ1v) is 11.0.